The number of aromatic nitrogens is 2. The molecule has 0 spiro atoms. The van der Waals surface area contributed by atoms with Gasteiger partial charge in [0.25, 0.3) is 0 Å². The van der Waals surface area contributed by atoms with Gasteiger partial charge in [0.15, 0.2) is 0 Å². The lowest BCUT2D eigenvalue weighted by Gasteiger charge is -2.12. The van der Waals surface area contributed by atoms with Crippen molar-refractivity contribution in [1.82, 2.24) is 10.1 Å². The Kier molecular flexibility index (Phi) is 3.71. The molecule has 0 fully saturated rings. The molecule has 0 saturated carbocycles. The molecule has 2 atom stereocenters. The molecule has 1 heterocycles. The van der Waals surface area contributed by atoms with Gasteiger partial charge in [-0.05, 0) is 22.8 Å². The maximum absolute atomic E-state index is 6.13. The highest BCUT2D eigenvalue weighted by atomic mass is 16.5. The molecule has 0 aliphatic rings. The van der Waals surface area contributed by atoms with E-state index in [4.69, 9.17) is 10.3 Å². The summed E-state index contributed by atoms with van der Waals surface area (Å²) < 4.78 is 5.33. The predicted octanol–water partition coefficient (Wildman–Crippen LogP) is 3.94. The zero-order valence-electron chi connectivity index (χ0n) is 12.3. The van der Waals surface area contributed by atoms with Crippen molar-refractivity contribution >= 4 is 10.8 Å². The lowest BCUT2D eigenvalue weighted by molar-refractivity contribution is 0.312. The minimum absolute atomic E-state index is 0.211. The van der Waals surface area contributed by atoms with E-state index in [1.54, 1.807) is 0 Å². The highest BCUT2D eigenvalue weighted by Crippen LogP contribution is 2.25. The van der Waals surface area contributed by atoms with Crippen molar-refractivity contribution in [2.75, 3.05) is 0 Å². The molecular formula is C17H19N3O. The van der Waals surface area contributed by atoms with Crippen LogP contribution in [-0.2, 0) is 0 Å². The lowest BCUT2D eigenvalue weighted by Crippen LogP contribution is -2.18. The van der Waals surface area contributed by atoms with E-state index in [-0.39, 0.29) is 6.04 Å². The molecule has 0 unspecified atom stereocenters. The van der Waals surface area contributed by atoms with E-state index in [2.05, 4.69) is 48.3 Å². The molecule has 3 aromatic rings. The van der Waals surface area contributed by atoms with Crippen molar-refractivity contribution in [1.29, 1.82) is 0 Å². The molecule has 108 valence electrons. The summed E-state index contributed by atoms with van der Waals surface area (Å²) in [6.07, 6.45) is 0.981. The first-order chi connectivity index (χ1) is 10.2. The summed E-state index contributed by atoms with van der Waals surface area (Å²) in [6.45, 7) is 4.19. The Morgan fingerprint density at radius 3 is 2.67 bits per heavy atom. The van der Waals surface area contributed by atoms with Crippen LogP contribution in [0.25, 0.3) is 22.2 Å². The van der Waals surface area contributed by atoms with Crippen molar-refractivity contribution in [3.63, 3.8) is 0 Å². The van der Waals surface area contributed by atoms with Crippen LogP contribution < -0.4 is 5.73 Å². The van der Waals surface area contributed by atoms with Crippen molar-refractivity contribution in [3.05, 3.63) is 48.4 Å². The minimum Gasteiger partial charge on any atom is -0.337 e. The summed E-state index contributed by atoms with van der Waals surface area (Å²) in [4.78, 5) is 4.45. The van der Waals surface area contributed by atoms with Gasteiger partial charge in [-0.3, -0.25) is 0 Å². The SMILES string of the molecule is CC[C@H](C)[C@H](N)c1nc(-c2ccc3ccccc3c2)no1. The molecule has 0 amide bonds. The first kappa shape index (κ1) is 13.8. The van der Waals surface area contributed by atoms with E-state index in [0.29, 0.717) is 17.6 Å². The van der Waals surface area contributed by atoms with Gasteiger partial charge in [-0.15, -0.1) is 0 Å². The predicted molar refractivity (Wildman–Crippen MR) is 83.6 cm³/mol. The number of hydrogen-bond donors (Lipinski definition) is 1. The third kappa shape index (κ3) is 2.67. The first-order valence-corrected chi connectivity index (χ1v) is 7.27. The lowest BCUT2D eigenvalue weighted by atomic mass is 10.0. The van der Waals surface area contributed by atoms with Crippen LogP contribution in [-0.4, -0.2) is 10.1 Å². The number of nitrogens with zero attached hydrogens (tertiary/aromatic N) is 2. The topological polar surface area (TPSA) is 64.9 Å². The molecule has 2 N–H and O–H groups in total. The summed E-state index contributed by atoms with van der Waals surface area (Å²) >= 11 is 0. The van der Waals surface area contributed by atoms with E-state index in [9.17, 15) is 0 Å². The fourth-order valence-corrected chi connectivity index (χ4v) is 2.31. The Labute approximate surface area is 124 Å². The maximum atomic E-state index is 6.13. The highest BCUT2D eigenvalue weighted by molar-refractivity contribution is 5.86. The molecule has 0 bridgehead atoms. The molecule has 2 aromatic carbocycles. The van der Waals surface area contributed by atoms with Crippen molar-refractivity contribution in [2.45, 2.75) is 26.3 Å². The Hall–Kier alpha value is -2.20. The number of nitrogens with two attached hydrogens (primary N) is 1. The molecule has 0 radical (unpaired) electrons. The number of hydrogen-bond acceptors (Lipinski definition) is 4. The molecule has 0 aliphatic carbocycles. The molecule has 4 nitrogen and oxygen atoms in total. The van der Waals surface area contributed by atoms with Crippen molar-refractivity contribution < 1.29 is 4.52 Å². The van der Waals surface area contributed by atoms with Gasteiger partial charge in [-0.1, -0.05) is 61.8 Å². The Bertz CT molecular complexity index is 750. The third-order valence-corrected chi connectivity index (χ3v) is 3.99. The van der Waals surface area contributed by atoms with E-state index < -0.39 is 0 Å². The smallest absolute Gasteiger partial charge is 0.244 e. The van der Waals surface area contributed by atoms with Crippen LogP contribution in [0.3, 0.4) is 0 Å². The third-order valence-electron chi connectivity index (χ3n) is 3.99. The van der Waals surface area contributed by atoms with Crippen LogP contribution in [0.15, 0.2) is 47.0 Å². The average molecular weight is 281 g/mol. The summed E-state index contributed by atoms with van der Waals surface area (Å²) in [6, 6.07) is 14.1. The fourth-order valence-electron chi connectivity index (χ4n) is 2.31. The zero-order valence-corrected chi connectivity index (χ0v) is 12.3. The Morgan fingerprint density at radius 2 is 1.90 bits per heavy atom. The zero-order chi connectivity index (χ0) is 14.8. The first-order valence-electron chi connectivity index (χ1n) is 7.27. The van der Waals surface area contributed by atoms with Crippen LogP contribution >= 0.6 is 0 Å². The largest absolute Gasteiger partial charge is 0.337 e. The highest BCUT2D eigenvalue weighted by Gasteiger charge is 2.20. The van der Waals surface area contributed by atoms with Crippen LogP contribution in [0.2, 0.25) is 0 Å². The van der Waals surface area contributed by atoms with E-state index in [1.165, 1.54) is 5.39 Å². The molecule has 0 saturated heterocycles. The van der Waals surface area contributed by atoms with Gasteiger partial charge in [-0.25, -0.2) is 0 Å². The van der Waals surface area contributed by atoms with Gasteiger partial charge < -0.3 is 10.3 Å². The Morgan fingerprint density at radius 1 is 1.14 bits per heavy atom. The quantitative estimate of drug-likeness (QED) is 0.786. The number of rotatable bonds is 4. The van der Waals surface area contributed by atoms with Gasteiger partial charge in [0, 0.05) is 5.56 Å². The number of fused-ring (bicyclic) bond motifs is 1. The molecule has 3 rings (SSSR count). The summed E-state index contributed by atoms with van der Waals surface area (Å²) in [5.74, 6) is 1.41. The molecule has 0 aliphatic heterocycles. The second-order valence-electron chi connectivity index (χ2n) is 5.43. The van der Waals surface area contributed by atoms with Crippen molar-refractivity contribution in [2.24, 2.45) is 11.7 Å². The average Bonchev–Trinajstić information content (AvgIpc) is 3.02. The normalized spacial score (nSPS) is 14.2. The molecule has 1 aromatic heterocycles. The van der Waals surface area contributed by atoms with Gasteiger partial charge in [0.2, 0.25) is 11.7 Å². The van der Waals surface area contributed by atoms with Crippen LogP contribution in [0.1, 0.15) is 32.2 Å². The minimum atomic E-state index is -0.211. The molecule has 21 heavy (non-hydrogen) atoms. The molecule has 4 heteroatoms. The summed E-state index contributed by atoms with van der Waals surface area (Å²) in [7, 11) is 0. The van der Waals surface area contributed by atoms with Crippen LogP contribution in [0.4, 0.5) is 0 Å². The second kappa shape index (κ2) is 5.66. The van der Waals surface area contributed by atoms with Crippen LogP contribution in [0, 0.1) is 5.92 Å². The van der Waals surface area contributed by atoms with Gasteiger partial charge in [0.1, 0.15) is 0 Å². The summed E-state index contributed by atoms with van der Waals surface area (Å²) in [5.41, 5.74) is 7.08. The van der Waals surface area contributed by atoms with Crippen molar-refractivity contribution in [3.8, 4) is 11.4 Å². The van der Waals surface area contributed by atoms with E-state index >= 15 is 0 Å². The monoisotopic (exact) mass is 281 g/mol. The van der Waals surface area contributed by atoms with Gasteiger partial charge >= 0.3 is 0 Å². The number of benzene rings is 2. The summed E-state index contributed by atoms with van der Waals surface area (Å²) in [5, 5.41) is 6.42. The van der Waals surface area contributed by atoms with E-state index in [1.807, 2.05) is 18.2 Å². The standard InChI is InChI=1S/C17H19N3O/c1-3-11(2)15(18)17-19-16(20-21-17)14-9-8-12-6-4-5-7-13(12)10-14/h4-11,15H,3,18H2,1-2H3/t11-,15-/m0/s1. The van der Waals surface area contributed by atoms with Gasteiger partial charge in [-0.2, -0.15) is 4.98 Å². The second-order valence-corrected chi connectivity index (χ2v) is 5.43. The van der Waals surface area contributed by atoms with E-state index in [0.717, 1.165) is 17.4 Å². The molecular weight excluding hydrogens is 262 g/mol. The maximum Gasteiger partial charge on any atom is 0.244 e. The van der Waals surface area contributed by atoms with Crippen LogP contribution in [0.5, 0.6) is 0 Å². The van der Waals surface area contributed by atoms with Gasteiger partial charge in [0.05, 0.1) is 6.04 Å². The fraction of sp³-hybridized carbons (Fsp3) is 0.294. The Balaban J connectivity index is 1.94.